The maximum Gasteiger partial charge on any atom is 0.320 e. The lowest BCUT2D eigenvalue weighted by Crippen LogP contribution is -2.49. The summed E-state index contributed by atoms with van der Waals surface area (Å²) in [6.45, 7) is 5.02. The fourth-order valence-corrected chi connectivity index (χ4v) is 7.34. The van der Waals surface area contributed by atoms with E-state index < -0.39 is 5.91 Å². The molecule has 4 amide bonds. The summed E-state index contributed by atoms with van der Waals surface area (Å²) in [6, 6.07) is 8.98. The summed E-state index contributed by atoms with van der Waals surface area (Å²) < 4.78 is 0. The first-order chi connectivity index (χ1) is 20.8. The first kappa shape index (κ1) is 29.2. The number of hydrogen-bond donors (Lipinski definition) is 3. The Morgan fingerprint density at radius 2 is 1.70 bits per heavy atom. The topological polar surface area (TPSA) is 154 Å². The van der Waals surface area contributed by atoms with Gasteiger partial charge in [0.15, 0.2) is 11.5 Å². The van der Waals surface area contributed by atoms with Gasteiger partial charge in [0.25, 0.3) is 5.91 Å². The Balaban J connectivity index is 1.09. The highest BCUT2D eigenvalue weighted by Crippen LogP contribution is 2.35. The third-order valence-electron chi connectivity index (χ3n) is 9.90. The molecule has 43 heavy (non-hydrogen) atoms. The van der Waals surface area contributed by atoms with Gasteiger partial charge in [-0.25, -0.2) is 14.8 Å². The average Bonchev–Trinajstić information content (AvgIpc) is 3.65. The van der Waals surface area contributed by atoms with E-state index >= 15 is 0 Å². The van der Waals surface area contributed by atoms with Crippen molar-refractivity contribution >= 4 is 35.2 Å². The van der Waals surface area contributed by atoms with Crippen LogP contribution in [0.3, 0.4) is 0 Å². The van der Waals surface area contributed by atoms with Crippen molar-refractivity contribution in [3.63, 3.8) is 0 Å². The number of rotatable bonds is 8. The van der Waals surface area contributed by atoms with Gasteiger partial charge in [-0.05, 0) is 81.6 Å². The summed E-state index contributed by atoms with van der Waals surface area (Å²) in [4.78, 5) is 53.9. The number of urea groups is 1. The number of nitrogens with two attached hydrogens (primary N) is 2. The molecule has 4 aliphatic rings. The molecule has 1 aromatic heterocycles. The van der Waals surface area contributed by atoms with E-state index in [0.29, 0.717) is 30.1 Å². The maximum absolute atomic E-state index is 12.6. The van der Waals surface area contributed by atoms with Crippen molar-refractivity contribution in [3.8, 4) is 0 Å². The Hall–Kier alpha value is -3.93. The molecule has 0 spiro atoms. The number of hydrogen-bond acceptors (Lipinski definition) is 8. The Labute approximate surface area is 252 Å². The first-order valence-electron chi connectivity index (χ1n) is 15.6. The van der Waals surface area contributed by atoms with Gasteiger partial charge in [-0.1, -0.05) is 12.1 Å². The van der Waals surface area contributed by atoms with Crippen LogP contribution in [-0.4, -0.2) is 101 Å². The van der Waals surface area contributed by atoms with E-state index in [0.717, 1.165) is 83.4 Å². The zero-order valence-electron chi connectivity index (χ0n) is 25.0. The third-order valence-corrected chi connectivity index (χ3v) is 9.90. The lowest BCUT2D eigenvalue weighted by atomic mass is 9.88. The summed E-state index contributed by atoms with van der Waals surface area (Å²) >= 11 is 0. The molecule has 1 saturated carbocycles. The molecule has 6 rings (SSSR count). The average molecular weight is 590 g/mol. The SMILES string of the molecule is CN1CCN([C@@H]2CCCN(c3cnc(C(N)=O)c(Nc4ccc(C5CCN(C6CCC(C(N)=O)C6)CC5)cc4)n3)C2)C1=O. The lowest BCUT2D eigenvalue weighted by Gasteiger charge is -2.37. The summed E-state index contributed by atoms with van der Waals surface area (Å²) in [7, 11) is 1.84. The van der Waals surface area contributed by atoms with Crippen LogP contribution >= 0.6 is 0 Å². The molecule has 4 fully saturated rings. The predicted molar refractivity (Wildman–Crippen MR) is 164 cm³/mol. The van der Waals surface area contributed by atoms with Crippen LogP contribution < -0.4 is 21.7 Å². The van der Waals surface area contributed by atoms with Crippen molar-refractivity contribution in [2.45, 2.75) is 62.9 Å². The Morgan fingerprint density at radius 3 is 2.35 bits per heavy atom. The standard InChI is InChI=1S/C31H43N9O3/c1-37-15-16-40(31(37)43)25-3-2-12-39(19-25)26-18-34-27(29(33)42)30(36-26)35-23-7-4-20(5-8-23)21-10-13-38(14-11-21)24-9-6-22(17-24)28(32)41/h4-5,7-8,18,21-22,24-25H,2-3,6,9-17,19H2,1H3,(H2,32,41)(H2,33,42)(H,35,36)/t22?,24?,25-/m1/s1. The lowest BCUT2D eigenvalue weighted by molar-refractivity contribution is -0.121. The fraction of sp³-hybridized carbons (Fsp3) is 0.581. The number of benzene rings is 1. The minimum Gasteiger partial charge on any atom is -0.369 e. The van der Waals surface area contributed by atoms with Gasteiger partial charge in [0.05, 0.1) is 12.2 Å². The van der Waals surface area contributed by atoms with Crippen molar-refractivity contribution in [3.05, 3.63) is 41.7 Å². The van der Waals surface area contributed by atoms with Gasteiger partial charge >= 0.3 is 6.03 Å². The molecule has 2 aromatic rings. The summed E-state index contributed by atoms with van der Waals surface area (Å²) in [6.07, 6.45) is 8.52. The third kappa shape index (κ3) is 6.24. The van der Waals surface area contributed by atoms with Crippen LogP contribution in [0.5, 0.6) is 0 Å². The molecular weight excluding hydrogens is 546 g/mol. The number of anilines is 3. The number of amides is 4. The minimum absolute atomic E-state index is 0.0305. The number of primary amides is 2. The maximum atomic E-state index is 12.6. The first-order valence-corrected chi connectivity index (χ1v) is 15.6. The van der Waals surface area contributed by atoms with Gasteiger partial charge in [0, 0.05) is 50.9 Å². The van der Waals surface area contributed by atoms with Gasteiger partial charge in [0.1, 0.15) is 5.82 Å². The quantitative estimate of drug-likeness (QED) is 0.424. The normalized spacial score (nSPS) is 25.4. The van der Waals surface area contributed by atoms with Gasteiger partial charge in [0.2, 0.25) is 5.91 Å². The molecule has 1 aliphatic carbocycles. The summed E-state index contributed by atoms with van der Waals surface area (Å²) in [5, 5.41) is 3.28. The second kappa shape index (κ2) is 12.4. The molecule has 0 bridgehead atoms. The molecule has 1 aromatic carbocycles. The number of nitrogens with zero attached hydrogens (tertiary/aromatic N) is 6. The largest absolute Gasteiger partial charge is 0.369 e. The van der Waals surface area contributed by atoms with Crippen LogP contribution in [0.25, 0.3) is 0 Å². The van der Waals surface area contributed by atoms with Crippen molar-refractivity contribution < 1.29 is 14.4 Å². The molecule has 2 unspecified atom stereocenters. The van der Waals surface area contributed by atoms with Crippen molar-refractivity contribution in [1.82, 2.24) is 24.7 Å². The number of likely N-dealkylation sites (N-methyl/N-ethyl adjacent to an activating group) is 1. The number of piperidine rings is 2. The molecule has 3 aliphatic heterocycles. The van der Waals surface area contributed by atoms with Gasteiger partial charge in [-0.2, -0.15) is 0 Å². The summed E-state index contributed by atoms with van der Waals surface area (Å²) in [5.41, 5.74) is 13.4. The van der Waals surface area contributed by atoms with Crippen molar-refractivity contribution in [2.75, 3.05) is 56.5 Å². The highest BCUT2D eigenvalue weighted by atomic mass is 16.2. The zero-order valence-corrected chi connectivity index (χ0v) is 25.0. The molecule has 3 atom stereocenters. The van der Waals surface area contributed by atoms with Gasteiger partial charge < -0.3 is 36.4 Å². The van der Waals surface area contributed by atoms with Crippen LogP contribution in [0.2, 0.25) is 0 Å². The summed E-state index contributed by atoms with van der Waals surface area (Å²) in [5.74, 6) is 0.702. The van der Waals surface area contributed by atoms with Crippen molar-refractivity contribution in [2.24, 2.45) is 17.4 Å². The number of likely N-dealkylation sites (tertiary alicyclic amines) is 1. The van der Waals surface area contributed by atoms with Crippen LogP contribution in [-0.2, 0) is 4.79 Å². The van der Waals surface area contributed by atoms with Gasteiger partial charge in [-0.3, -0.25) is 9.59 Å². The minimum atomic E-state index is -0.642. The van der Waals surface area contributed by atoms with E-state index in [-0.39, 0.29) is 29.6 Å². The number of carbonyl (C=O) groups excluding carboxylic acids is 3. The van der Waals surface area contributed by atoms with Crippen LogP contribution in [0.1, 0.15) is 66.9 Å². The zero-order chi connectivity index (χ0) is 30.1. The monoisotopic (exact) mass is 589 g/mol. The van der Waals surface area contributed by atoms with Gasteiger partial charge in [-0.15, -0.1) is 0 Å². The molecule has 0 radical (unpaired) electrons. The van der Waals surface area contributed by atoms with E-state index in [1.165, 1.54) is 5.56 Å². The van der Waals surface area contributed by atoms with Crippen LogP contribution in [0.15, 0.2) is 30.5 Å². The van der Waals surface area contributed by atoms with E-state index in [9.17, 15) is 14.4 Å². The molecule has 12 heteroatoms. The Morgan fingerprint density at radius 1 is 0.930 bits per heavy atom. The van der Waals surface area contributed by atoms with E-state index in [1.54, 1.807) is 11.1 Å². The Kier molecular flexibility index (Phi) is 8.38. The van der Waals surface area contributed by atoms with Crippen molar-refractivity contribution in [1.29, 1.82) is 0 Å². The predicted octanol–water partition coefficient (Wildman–Crippen LogP) is 2.49. The van der Waals surface area contributed by atoms with Crippen LogP contribution in [0.4, 0.5) is 22.1 Å². The number of aromatic nitrogens is 2. The molecule has 4 heterocycles. The highest BCUT2D eigenvalue weighted by Gasteiger charge is 2.36. The second-order valence-electron chi connectivity index (χ2n) is 12.6. The molecular formula is C31H43N9O3. The smallest absolute Gasteiger partial charge is 0.320 e. The number of nitrogens with one attached hydrogen (secondary N) is 1. The van der Waals surface area contributed by atoms with E-state index in [4.69, 9.17) is 16.5 Å². The molecule has 5 N–H and O–H groups in total. The second-order valence-corrected chi connectivity index (χ2v) is 12.6. The van der Waals surface area contributed by atoms with E-state index in [1.807, 2.05) is 24.1 Å². The molecule has 12 nitrogen and oxygen atoms in total. The molecule has 3 saturated heterocycles. The Bertz CT molecular complexity index is 1340. The highest BCUT2D eigenvalue weighted by molar-refractivity contribution is 5.96. The molecule has 230 valence electrons. The fourth-order valence-electron chi connectivity index (χ4n) is 7.34. The number of carbonyl (C=O) groups is 3. The van der Waals surface area contributed by atoms with E-state index in [2.05, 4.69) is 32.2 Å². The van der Waals surface area contributed by atoms with Crippen LogP contribution in [0, 0.1) is 5.92 Å².